The average molecular weight is 666 g/mol. The van der Waals surface area contributed by atoms with E-state index < -0.39 is 0 Å². The molecule has 0 bridgehead atoms. The van der Waals surface area contributed by atoms with E-state index in [1.807, 2.05) is 0 Å². The van der Waals surface area contributed by atoms with Gasteiger partial charge in [-0.25, -0.2) is 0 Å². The molecule has 0 amide bonds. The summed E-state index contributed by atoms with van der Waals surface area (Å²) in [5.74, 6) is 0. The number of hydrogen-bond acceptors (Lipinski definition) is 0. The summed E-state index contributed by atoms with van der Waals surface area (Å²) in [6.45, 7) is 0. The number of rotatable bonds is 0. The maximum Gasteiger partial charge on any atom is 0 e. The van der Waals surface area contributed by atoms with E-state index in [0.29, 0.717) is 0 Å². The van der Waals surface area contributed by atoms with Crippen LogP contribution in [0.1, 0.15) is 0 Å². The monoisotopic (exact) mass is 666 g/mol. The third kappa shape index (κ3) is 59.1. The second kappa shape index (κ2) is 69.8. The average Bonchev–Trinajstić information content (AvgIpc) is 0. The third-order valence-corrected chi connectivity index (χ3v) is 0. The van der Waals surface area contributed by atoms with Crippen LogP contribution in [0, 0.1) is 0 Å². The molecule has 0 N–H and O–H groups in total. The van der Waals surface area contributed by atoms with Crippen molar-refractivity contribution in [2.45, 2.75) is 0 Å². The van der Waals surface area contributed by atoms with Gasteiger partial charge < -0.3 is 0 Å². The Morgan fingerprint density at radius 3 is 0.222 bits per heavy atom. The predicted octanol–water partition coefficient (Wildman–Crippen LogP) is -0.0225. The van der Waals surface area contributed by atoms with Crippen LogP contribution in [-0.2, 0) is 173 Å². The van der Waals surface area contributed by atoms with Gasteiger partial charge >= 0.3 is 0 Å². The summed E-state index contributed by atoms with van der Waals surface area (Å²) in [6.07, 6.45) is 0. The molecule has 0 atom stereocenters. The Morgan fingerprint density at radius 2 is 0.222 bits per heavy atom. The SMILES string of the molecule is [Co].[Co].[Co].[Co].[Co].[Nb].[Nb].[Nb].[Nb]. The van der Waals surface area contributed by atoms with E-state index in [1.165, 1.54) is 0 Å². The molecule has 0 saturated heterocycles. The van der Waals surface area contributed by atoms with Crippen molar-refractivity contribution in [2.75, 3.05) is 0 Å². The molecule has 0 aliphatic carbocycles. The van der Waals surface area contributed by atoms with Gasteiger partial charge in [-0.1, -0.05) is 0 Å². The van der Waals surface area contributed by atoms with Crippen LogP contribution in [-0.4, -0.2) is 0 Å². The summed E-state index contributed by atoms with van der Waals surface area (Å²) < 4.78 is 0. The van der Waals surface area contributed by atoms with Crippen molar-refractivity contribution in [3.05, 3.63) is 0 Å². The van der Waals surface area contributed by atoms with Gasteiger partial charge in [0.15, 0.2) is 0 Å². The normalized spacial score (nSPS) is 0. The van der Waals surface area contributed by atoms with Crippen LogP contribution in [0.2, 0.25) is 0 Å². The van der Waals surface area contributed by atoms with Gasteiger partial charge in [0, 0.05) is 173 Å². The topological polar surface area (TPSA) is 0 Å². The molecule has 0 unspecified atom stereocenters. The van der Waals surface area contributed by atoms with E-state index in [1.54, 1.807) is 0 Å². The Labute approximate surface area is 170 Å². The van der Waals surface area contributed by atoms with Crippen molar-refractivity contribution < 1.29 is 173 Å². The quantitative estimate of drug-likeness (QED) is 0.320. The van der Waals surface area contributed by atoms with Crippen LogP contribution >= 0.6 is 0 Å². The van der Waals surface area contributed by atoms with Gasteiger partial charge in [-0.15, -0.1) is 0 Å². The van der Waals surface area contributed by atoms with Crippen LogP contribution in [0.15, 0.2) is 0 Å². The van der Waals surface area contributed by atoms with Crippen LogP contribution in [0.5, 0.6) is 0 Å². The second-order valence-corrected chi connectivity index (χ2v) is 0. The largest absolute Gasteiger partial charge is 0 e. The first-order valence-electron chi connectivity index (χ1n) is 0. The molecule has 0 heterocycles. The molecule has 9 heavy (non-hydrogen) atoms. The van der Waals surface area contributed by atoms with Crippen molar-refractivity contribution in [3.63, 3.8) is 0 Å². The van der Waals surface area contributed by atoms with Gasteiger partial charge in [0.1, 0.15) is 0 Å². The first kappa shape index (κ1) is 87.4. The Kier molecular flexibility index (Phi) is 678. The smallest absolute Gasteiger partial charge is 0 e. The number of hydrogen-bond donors (Lipinski definition) is 0. The van der Waals surface area contributed by atoms with Crippen LogP contribution < -0.4 is 0 Å². The molecule has 0 aromatic rings. The van der Waals surface area contributed by atoms with Crippen molar-refractivity contribution >= 4 is 0 Å². The summed E-state index contributed by atoms with van der Waals surface area (Å²) in [5, 5.41) is 0. The molecule has 9 radical (unpaired) electrons. The molecule has 0 aliphatic rings. The van der Waals surface area contributed by atoms with Gasteiger partial charge in [0.05, 0.1) is 0 Å². The van der Waals surface area contributed by atoms with Crippen LogP contribution in [0.25, 0.3) is 0 Å². The zero-order chi connectivity index (χ0) is 0. The van der Waals surface area contributed by atoms with E-state index in [-0.39, 0.29) is 173 Å². The molecule has 0 fully saturated rings. The maximum atomic E-state index is 0. The minimum absolute atomic E-state index is 0. The Hall–Kier alpha value is 5.49. The molecular formula is Co5Nb4. The first-order valence-corrected chi connectivity index (χ1v) is 0. The summed E-state index contributed by atoms with van der Waals surface area (Å²) in [6, 6.07) is 0. The molecule has 0 rings (SSSR count). The van der Waals surface area contributed by atoms with E-state index in [0.717, 1.165) is 0 Å². The van der Waals surface area contributed by atoms with Gasteiger partial charge in [-0.05, 0) is 0 Å². The van der Waals surface area contributed by atoms with Crippen LogP contribution in [0.4, 0.5) is 0 Å². The molecule has 9 heteroatoms. The Balaban J connectivity index is 0. The summed E-state index contributed by atoms with van der Waals surface area (Å²) in [5.41, 5.74) is 0. The zero-order valence-electron chi connectivity index (χ0n) is 3.46. The molecule has 0 aromatic heterocycles. The van der Waals surface area contributed by atoms with Crippen molar-refractivity contribution in [1.29, 1.82) is 0 Å². The third-order valence-electron chi connectivity index (χ3n) is 0. The summed E-state index contributed by atoms with van der Waals surface area (Å²) in [4.78, 5) is 0. The van der Waals surface area contributed by atoms with E-state index >= 15 is 0 Å². The van der Waals surface area contributed by atoms with Crippen molar-refractivity contribution in [3.8, 4) is 0 Å². The first-order chi connectivity index (χ1) is 0. The molecule has 0 aliphatic heterocycles. The summed E-state index contributed by atoms with van der Waals surface area (Å²) in [7, 11) is 0. The van der Waals surface area contributed by atoms with E-state index in [2.05, 4.69) is 0 Å². The second-order valence-electron chi connectivity index (χ2n) is 0. The zero-order valence-corrected chi connectivity index (χ0v) is 17.5. The predicted molar refractivity (Wildman–Crippen MR) is 0 cm³/mol. The molecule has 0 spiro atoms. The fraction of sp³-hybridized carbons (Fsp3) is 0. The maximum absolute atomic E-state index is 0. The molecule has 65 valence electrons. The van der Waals surface area contributed by atoms with Crippen molar-refractivity contribution in [2.24, 2.45) is 0 Å². The summed E-state index contributed by atoms with van der Waals surface area (Å²) >= 11 is 0. The standard InChI is InChI=1S/5Co.4Nb. The fourth-order valence-corrected chi connectivity index (χ4v) is 0. The minimum atomic E-state index is 0. The molecule has 0 aromatic carbocycles. The van der Waals surface area contributed by atoms with Crippen molar-refractivity contribution in [1.82, 2.24) is 0 Å². The van der Waals surface area contributed by atoms with E-state index in [9.17, 15) is 0 Å². The molecular weight excluding hydrogens is 666 g/mol. The van der Waals surface area contributed by atoms with Gasteiger partial charge in [-0.3, -0.25) is 0 Å². The van der Waals surface area contributed by atoms with Crippen LogP contribution in [0.3, 0.4) is 0 Å². The molecule has 0 saturated carbocycles. The van der Waals surface area contributed by atoms with Gasteiger partial charge in [0.2, 0.25) is 0 Å². The minimum Gasteiger partial charge on any atom is 0 e. The Bertz CT molecular complexity index is 8.92. The fourth-order valence-electron chi connectivity index (χ4n) is 0. The Morgan fingerprint density at radius 1 is 0.222 bits per heavy atom. The molecule has 0 nitrogen and oxygen atoms in total. The van der Waals surface area contributed by atoms with E-state index in [4.69, 9.17) is 0 Å². The van der Waals surface area contributed by atoms with Gasteiger partial charge in [0.25, 0.3) is 0 Å². The van der Waals surface area contributed by atoms with Gasteiger partial charge in [-0.2, -0.15) is 0 Å².